The summed E-state index contributed by atoms with van der Waals surface area (Å²) in [7, 11) is -4.28. The Morgan fingerprint density at radius 3 is 2.12 bits per heavy atom. The maximum Gasteiger partial charge on any atom is 0.342 e. The average Bonchev–Trinajstić information content (AvgIpc) is 3.26. The van der Waals surface area contributed by atoms with Crippen molar-refractivity contribution in [3.05, 3.63) is 17.7 Å². The molecule has 4 rings (SSSR count). The molecule has 288 valence electrons. The summed E-state index contributed by atoms with van der Waals surface area (Å²) in [5.74, 6) is -0.917. The van der Waals surface area contributed by atoms with Crippen LogP contribution >= 0.6 is 7.67 Å². The van der Waals surface area contributed by atoms with E-state index in [1.165, 1.54) is 0 Å². The highest BCUT2D eigenvalue weighted by atomic mass is 31.2. The first-order valence-electron chi connectivity index (χ1n) is 18.0. The molecule has 0 radical (unpaired) electrons. The number of hydrogen-bond donors (Lipinski definition) is 5. The van der Waals surface area contributed by atoms with E-state index in [1.807, 2.05) is 41.5 Å². The molecule has 8 unspecified atom stereocenters. The fraction of sp³-hybridized carbons (Fsp3) is 0.794. The predicted molar refractivity (Wildman–Crippen MR) is 189 cm³/mol. The van der Waals surface area contributed by atoms with Crippen LogP contribution in [0.25, 0.3) is 0 Å². The molecule has 0 spiro atoms. The first-order chi connectivity index (χ1) is 24.0. The van der Waals surface area contributed by atoms with Gasteiger partial charge < -0.3 is 38.3 Å². The van der Waals surface area contributed by atoms with Gasteiger partial charge in [0.1, 0.15) is 53.1 Å². The van der Waals surface area contributed by atoms with Crippen LogP contribution in [0.3, 0.4) is 0 Å². The molecule has 0 bridgehead atoms. The Hall–Kier alpha value is -2.72. The fourth-order valence-corrected chi connectivity index (χ4v) is 9.00. The van der Waals surface area contributed by atoms with Crippen molar-refractivity contribution in [1.29, 1.82) is 5.41 Å². The summed E-state index contributed by atoms with van der Waals surface area (Å²) in [6, 6.07) is -2.83. The van der Waals surface area contributed by atoms with E-state index < -0.39 is 67.8 Å². The third-order valence-electron chi connectivity index (χ3n) is 9.59. The second kappa shape index (κ2) is 16.5. The standard InChI is InChI=1S/C34H57N6O10P/c1-10-46-29-26-27(21(8)13-14-25(35)37-29)40(18-36-26)32-33(9)34(32,44)28(41)24(50-33)17-49-51(45,38-22(15-19(4)5)30(42)47-11-2)39-23(16-20(6)7)31(43)48-12-3/h18-24,28,32,35,41,44H,10-17H2,1-9H3,(H2,38,39,45). The molecular formula is C34H57N6O10P. The van der Waals surface area contributed by atoms with Gasteiger partial charge in [-0.15, -0.1) is 0 Å². The molecule has 16 nitrogen and oxygen atoms in total. The van der Waals surface area contributed by atoms with Crippen LogP contribution in [0.4, 0.5) is 0 Å². The Balaban J connectivity index is 1.60. The molecule has 1 saturated carbocycles. The third kappa shape index (κ3) is 8.58. The number of fused-ring (bicyclic) bond motifs is 2. The lowest BCUT2D eigenvalue weighted by Gasteiger charge is -2.31. The van der Waals surface area contributed by atoms with E-state index in [0.29, 0.717) is 25.1 Å². The van der Waals surface area contributed by atoms with Crippen LogP contribution in [0.2, 0.25) is 0 Å². The second-order valence-corrected chi connectivity index (χ2v) is 16.4. The number of hydrogen-bond acceptors (Lipinski definition) is 12. The number of aliphatic hydroxyl groups is 2. The highest BCUT2D eigenvalue weighted by Crippen LogP contribution is 2.68. The van der Waals surface area contributed by atoms with Crippen molar-refractivity contribution in [2.24, 2.45) is 16.8 Å². The molecule has 1 aromatic heterocycles. The van der Waals surface area contributed by atoms with E-state index in [4.69, 9.17) is 28.9 Å². The number of aliphatic hydroxyl groups excluding tert-OH is 1. The van der Waals surface area contributed by atoms with Crippen LogP contribution in [-0.2, 0) is 37.6 Å². The lowest BCUT2D eigenvalue weighted by Crippen LogP contribution is -2.46. The van der Waals surface area contributed by atoms with E-state index in [2.05, 4.69) is 20.2 Å². The third-order valence-corrected chi connectivity index (χ3v) is 11.4. The van der Waals surface area contributed by atoms with Crippen molar-refractivity contribution in [3.8, 4) is 0 Å². The van der Waals surface area contributed by atoms with Gasteiger partial charge in [-0.3, -0.25) is 19.6 Å². The predicted octanol–water partition coefficient (Wildman–Crippen LogP) is 3.60. The molecule has 5 N–H and O–H groups in total. The van der Waals surface area contributed by atoms with Crippen LogP contribution in [-0.4, -0.2) is 105 Å². The van der Waals surface area contributed by atoms with Gasteiger partial charge in [0.05, 0.1) is 38.4 Å². The molecule has 0 aromatic carbocycles. The summed E-state index contributed by atoms with van der Waals surface area (Å²) in [5.41, 5.74) is -1.84. The number of rotatable bonds is 17. The van der Waals surface area contributed by atoms with Crippen LogP contribution in [0.5, 0.6) is 0 Å². The minimum atomic E-state index is -4.28. The normalized spacial score (nSPS) is 29.7. The van der Waals surface area contributed by atoms with Gasteiger partial charge in [0, 0.05) is 6.42 Å². The zero-order chi connectivity index (χ0) is 37.9. The van der Waals surface area contributed by atoms with Gasteiger partial charge in [0.2, 0.25) is 5.90 Å². The lowest BCUT2D eigenvalue weighted by molar-refractivity contribution is -0.146. The van der Waals surface area contributed by atoms with E-state index >= 15 is 0 Å². The number of nitrogens with zero attached hydrogens (tertiary/aromatic N) is 3. The van der Waals surface area contributed by atoms with Gasteiger partial charge in [-0.25, -0.2) is 15.2 Å². The maximum atomic E-state index is 14.6. The number of aliphatic imine (C=N–C) groups is 1. The highest BCUT2D eigenvalue weighted by molar-refractivity contribution is 7.54. The van der Waals surface area contributed by atoms with Gasteiger partial charge in [0.25, 0.3) is 0 Å². The Bertz CT molecular complexity index is 1460. The van der Waals surface area contributed by atoms with Crippen molar-refractivity contribution in [2.45, 2.75) is 135 Å². The molecule has 1 saturated heterocycles. The van der Waals surface area contributed by atoms with Crippen molar-refractivity contribution in [3.63, 3.8) is 0 Å². The number of carbonyl (C=O) groups excluding carboxylic acids is 2. The smallest absolute Gasteiger partial charge is 0.342 e. The van der Waals surface area contributed by atoms with Gasteiger partial charge >= 0.3 is 19.6 Å². The maximum absolute atomic E-state index is 14.6. The largest absolute Gasteiger partial charge is 0.476 e. The minimum absolute atomic E-state index is 0.00320. The number of carbonyl (C=O) groups is 2. The fourth-order valence-electron chi connectivity index (χ4n) is 7.18. The van der Waals surface area contributed by atoms with Crippen LogP contribution < -0.4 is 10.2 Å². The number of imidazole rings is 1. The number of ether oxygens (including phenoxy) is 4. The molecule has 2 fully saturated rings. The Labute approximate surface area is 300 Å². The highest BCUT2D eigenvalue weighted by Gasteiger charge is 2.85. The van der Waals surface area contributed by atoms with E-state index in [9.17, 15) is 24.4 Å². The Kier molecular flexibility index (Phi) is 13.3. The molecular weight excluding hydrogens is 683 g/mol. The molecule has 8 atom stereocenters. The molecule has 3 aliphatic rings. The van der Waals surface area contributed by atoms with Crippen LogP contribution in [0.1, 0.15) is 111 Å². The van der Waals surface area contributed by atoms with E-state index in [1.54, 1.807) is 31.7 Å². The van der Waals surface area contributed by atoms with Gasteiger partial charge in [-0.1, -0.05) is 34.6 Å². The summed E-state index contributed by atoms with van der Waals surface area (Å²) < 4.78 is 45.0. The monoisotopic (exact) mass is 740 g/mol. The quantitative estimate of drug-likeness (QED) is 0.114. The second-order valence-electron chi connectivity index (χ2n) is 14.5. The Morgan fingerprint density at radius 1 is 1.08 bits per heavy atom. The molecule has 17 heteroatoms. The van der Waals surface area contributed by atoms with Crippen LogP contribution in [0, 0.1) is 17.2 Å². The van der Waals surface area contributed by atoms with Gasteiger partial charge in [-0.05, 0) is 64.7 Å². The molecule has 1 aliphatic carbocycles. The van der Waals surface area contributed by atoms with Crippen LogP contribution in [0.15, 0.2) is 11.3 Å². The SMILES string of the molecule is CCOC(=O)C(CC(C)C)NP(=O)(NC(CC(C)C)C(=O)OCC)OCC1OC2(C)C(n3cnc4c3C(C)CCC(=N)N=C4OCC)C2(O)C1O. The summed E-state index contributed by atoms with van der Waals surface area (Å²) in [4.78, 5) is 34.9. The topological polar surface area (TPSA) is 216 Å². The van der Waals surface area contributed by atoms with Gasteiger partial charge in [-0.2, -0.15) is 4.99 Å². The molecule has 51 heavy (non-hydrogen) atoms. The molecule has 1 aromatic rings. The average molecular weight is 741 g/mol. The first kappa shape index (κ1) is 41.0. The number of amidine groups is 1. The first-order valence-corrected chi connectivity index (χ1v) is 19.7. The summed E-state index contributed by atoms with van der Waals surface area (Å²) in [5, 5.41) is 37.4. The number of esters is 2. The van der Waals surface area contributed by atoms with Crippen molar-refractivity contribution in [1.82, 2.24) is 19.7 Å². The van der Waals surface area contributed by atoms with Crippen molar-refractivity contribution >= 4 is 31.3 Å². The summed E-state index contributed by atoms with van der Waals surface area (Å²) >= 11 is 0. The molecule has 0 amide bonds. The zero-order valence-corrected chi connectivity index (χ0v) is 32.2. The Morgan fingerprint density at radius 2 is 1.65 bits per heavy atom. The van der Waals surface area contributed by atoms with E-state index in [-0.39, 0.29) is 55.5 Å². The number of aromatic nitrogens is 2. The number of nitrogens with one attached hydrogen (secondary N) is 3. The van der Waals surface area contributed by atoms with Gasteiger partial charge in [0.15, 0.2) is 0 Å². The van der Waals surface area contributed by atoms with Crippen molar-refractivity contribution < 1.29 is 47.8 Å². The van der Waals surface area contributed by atoms with E-state index in [0.717, 1.165) is 5.69 Å². The molecule has 2 aliphatic heterocycles. The van der Waals surface area contributed by atoms with Crippen molar-refractivity contribution in [2.75, 3.05) is 26.4 Å². The lowest BCUT2D eigenvalue weighted by atomic mass is 9.97. The summed E-state index contributed by atoms with van der Waals surface area (Å²) in [6.45, 7) is 16.5. The zero-order valence-electron chi connectivity index (χ0n) is 31.3. The molecule has 3 heterocycles. The summed E-state index contributed by atoms with van der Waals surface area (Å²) in [6.07, 6.45) is 0.513. The minimum Gasteiger partial charge on any atom is -0.476 e.